The average Bonchev–Trinajstić information content (AvgIpc) is 1.57. The molecular weight excluding hydrogens is 128 g/mol. The zero-order chi connectivity index (χ0) is 7.78. The molecular formula is C8H14O2. The second kappa shape index (κ2) is 2.35. The molecule has 10 heavy (non-hydrogen) atoms. The van der Waals surface area contributed by atoms with Crippen molar-refractivity contribution in [3.05, 3.63) is 0 Å². The monoisotopic (exact) mass is 142 g/mol. The van der Waals surface area contributed by atoms with Gasteiger partial charge in [-0.05, 0) is 20.8 Å². The SMILES string of the molecule is CC(C)(C)OC1CC(=O)C1. The lowest BCUT2D eigenvalue weighted by Crippen LogP contribution is -2.37. The number of ketones is 1. The average molecular weight is 142 g/mol. The first kappa shape index (κ1) is 7.73. The molecule has 2 nitrogen and oxygen atoms in total. The molecule has 58 valence electrons. The van der Waals surface area contributed by atoms with Crippen molar-refractivity contribution < 1.29 is 9.53 Å². The lowest BCUT2D eigenvalue weighted by molar-refractivity contribution is -0.144. The van der Waals surface area contributed by atoms with Crippen molar-refractivity contribution in [3.8, 4) is 0 Å². The molecule has 0 aliphatic heterocycles. The highest BCUT2D eigenvalue weighted by Gasteiger charge is 2.30. The first-order chi connectivity index (χ1) is 4.47. The molecule has 1 saturated carbocycles. The van der Waals surface area contributed by atoms with Crippen molar-refractivity contribution >= 4 is 5.78 Å². The van der Waals surface area contributed by atoms with Gasteiger partial charge in [0.2, 0.25) is 0 Å². The molecule has 0 atom stereocenters. The Hall–Kier alpha value is -0.370. The Labute approximate surface area is 61.6 Å². The number of Topliss-reactive ketones (excluding diaryl/α,β-unsaturated/α-hetero) is 1. The summed E-state index contributed by atoms with van der Waals surface area (Å²) in [6, 6.07) is 0. The maximum atomic E-state index is 10.5. The minimum Gasteiger partial charge on any atom is -0.372 e. The number of ether oxygens (including phenoxy) is 1. The van der Waals surface area contributed by atoms with E-state index in [9.17, 15) is 4.79 Å². The Morgan fingerprint density at radius 1 is 1.40 bits per heavy atom. The molecule has 0 heterocycles. The fraction of sp³-hybridized carbons (Fsp3) is 0.875. The van der Waals surface area contributed by atoms with E-state index in [1.165, 1.54) is 0 Å². The Balaban J connectivity index is 2.22. The summed E-state index contributed by atoms with van der Waals surface area (Å²) < 4.78 is 5.52. The Bertz CT molecular complexity index is 136. The van der Waals surface area contributed by atoms with Crippen LogP contribution >= 0.6 is 0 Å². The van der Waals surface area contributed by atoms with Crippen LogP contribution in [0.4, 0.5) is 0 Å². The Morgan fingerprint density at radius 3 is 2.20 bits per heavy atom. The van der Waals surface area contributed by atoms with Gasteiger partial charge in [0.15, 0.2) is 0 Å². The van der Waals surface area contributed by atoms with Crippen LogP contribution in [0, 0.1) is 0 Å². The third kappa shape index (κ3) is 2.10. The van der Waals surface area contributed by atoms with E-state index >= 15 is 0 Å². The number of carbonyl (C=O) groups is 1. The van der Waals surface area contributed by atoms with Crippen LogP contribution in [0.25, 0.3) is 0 Å². The van der Waals surface area contributed by atoms with Crippen LogP contribution in [0.5, 0.6) is 0 Å². The zero-order valence-corrected chi connectivity index (χ0v) is 6.81. The van der Waals surface area contributed by atoms with Gasteiger partial charge >= 0.3 is 0 Å². The zero-order valence-electron chi connectivity index (χ0n) is 6.81. The molecule has 0 spiro atoms. The molecule has 0 aromatic carbocycles. The van der Waals surface area contributed by atoms with E-state index in [2.05, 4.69) is 0 Å². The van der Waals surface area contributed by atoms with Gasteiger partial charge in [0.1, 0.15) is 5.78 Å². The van der Waals surface area contributed by atoms with Gasteiger partial charge in [0.25, 0.3) is 0 Å². The minimum atomic E-state index is -0.0919. The molecule has 0 N–H and O–H groups in total. The van der Waals surface area contributed by atoms with Crippen molar-refractivity contribution in [1.29, 1.82) is 0 Å². The molecule has 1 fully saturated rings. The number of hydrogen-bond donors (Lipinski definition) is 0. The summed E-state index contributed by atoms with van der Waals surface area (Å²) in [6.45, 7) is 6.03. The largest absolute Gasteiger partial charge is 0.372 e. The van der Waals surface area contributed by atoms with E-state index in [4.69, 9.17) is 4.74 Å². The first-order valence-electron chi connectivity index (χ1n) is 3.67. The molecule has 0 aromatic rings. The summed E-state index contributed by atoms with van der Waals surface area (Å²) in [7, 11) is 0. The van der Waals surface area contributed by atoms with Crippen molar-refractivity contribution in [1.82, 2.24) is 0 Å². The molecule has 0 aromatic heterocycles. The van der Waals surface area contributed by atoms with Crippen molar-refractivity contribution in [2.24, 2.45) is 0 Å². The summed E-state index contributed by atoms with van der Waals surface area (Å²) in [5, 5.41) is 0. The predicted octanol–water partition coefficient (Wildman–Crippen LogP) is 1.53. The van der Waals surface area contributed by atoms with Gasteiger partial charge in [-0.15, -0.1) is 0 Å². The molecule has 1 rings (SSSR count). The normalized spacial score (nSPS) is 20.9. The molecule has 0 bridgehead atoms. The second-order valence-electron chi connectivity index (χ2n) is 3.80. The van der Waals surface area contributed by atoms with Gasteiger partial charge in [0, 0.05) is 12.8 Å². The van der Waals surface area contributed by atoms with Crippen LogP contribution in [-0.2, 0) is 9.53 Å². The standard InChI is InChI=1S/C8H14O2/c1-8(2,3)10-7-4-6(9)5-7/h7H,4-5H2,1-3H3. The van der Waals surface area contributed by atoms with Gasteiger partial charge in [-0.1, -0.05) is 0 Å². The Morgan fingerprint density at radius 2 is 1.90 bits per heavy atom. The van der Waals surface area contributed by atoms with Gasteiger partial charge < -0.3 is 4.74 Å². The van der Waals surface area contributed by atoms with Crippen LogP contribution < -0.4 is 0 Å². The maximum absolute atomic E-state index is 10.5. The van der Waals surface area contributed by atoms with E-state index in [1.54, 1.807) is 0 Å². The summed E-state index contributed by atoms with van der Waals surface area (Å²) in [5.74, 6) is 0.328. The maximum Gasteiger partial charge on any atom is 0.138 e. The summed E-state index contributed by atoms with van der Waals surface area (Å²) in [4.78, 5) is 10.5. The summed E-state index contributed by atoms with van der Waals surface area (Å²) in [5.41, 5.74) is -0.0919. The molecule has 2 heteroatoms. The molecule has 0 amide bonds. The van der Waals surface area contributed by atoms with Gasteiger partial charge in [-0.2, -0.15) is 0 Å². The Kier molecular flexibility index (Phi) is 1.82. The highest BCUT2D eigenvalue weighted by Crippen LogP contribution is 2.23. The first-order valence-corrected chi connectivity index (χ1v) is 3.67. The van der Waals surface area contributed by atoms with Crippen molar-refractivity contribution in [3.63, 3.8) is 0 Å². The van der Waals surface area contributed by atoms with E-state index in [0.717, 1.165) is 0 Å². The van der Waals surface area contributed by atoms with Crippen molar-refractivity contribution in [2.45, 2.75) is 45.3 Å². The second-order valence-corrected chi connectivity index (χ2v) is 3.80. The fourth-order valence-corrected chi connectivity index (χ4v) is 1.03. The molecule has 0 radical (unpaired) electrons. The third-order valence-corrected chi connectivity index (χ3v) is 1.43. The summed E-state index contributed by atoms with van der Waals surface area (Å²) >= 11 is 0. The molecule has 1 aliphatic rings. The number of hydrogen-bond acceptors (Lipinski definition) is 2. The van der Waals surface area contributed by atoms with Crippen molar-refractivity contribution in [2.75, 3.05) is 0 Å². The molecule has 1 aliphatic carbocycles. The molecule has 0 saturated heterocycles. The topological polar surface area (TPSA) is 26.3 Å². The van der Waals surface area contributed by atoms with E-state index < -0.39 is 0 Å². The lowest BCUT2D eigenvalue weighted by atomic mass is 9.93. The predicted molar refractivity (Wildman–Crippen MR) is 38.9 cm³/mol. The van der Waals surface area contributed by atoms with Gasteiger partial charge in [-0.25, -0.2) is 0 Å². The smallest absolute Gasteiger partial charge is 0.138 e. The van der Waals surface area contributed by atoms with Gasteiger partial charge in [-0.3, -0.25) is 4.79 Å². The third-order valence-electron chi connectivity index (χ3n) is 1.43. The van der Waals surface area contributed by atoms with E-state index in [1.807, 2.05) is 20.8 Å². The van der Waals surface area contributed by atoms with Gasteiger partial charge in [0.05, 0.1) is 11.7 Å². The number of carbonyl (C=O) groups excluding carboxylic acids is 1. The highest BCUT2D eigenvalue weighted by molar-refractivity contribution is 5.85. The van der Waals surface area contributed by atoms with E-state index in [0.29, 0.717) is 18.6 Å². The molecule has 0 unspecified atom stereocenters. The highest BCUT2D eigenvalue weighted by atomic mass is 16.5. The van der Waals surface area contributed by atoms with Crippen LogP contribution in [0.2, 0.25) is 0 Å². The quantitative estimate of drug-likeness (QED) is 0.555. The number of rotatable bonds is 1. The van der Waals surface area contributed by atoms with Crippen LogP contribution in [0.15, 0.2) is 0 Å². The lowest BCUT2D eigenvalue weighted by Gasteiger charge is -2.31. The van der Waals surface area contributed by atoms with E-state index in [-0.39, 0.29) is 11.7 Å². The van der Waals surface area contributed by atoms with Crippen LogP contribution in [0.3, 0.4) is 0 Å². The minimum absolute atomic E-state index is 0.0919. The van der Waals surface area contributed by atoms with Crippen LogP contribution in [-0.4, -0.2) is 17.5 Å². The fourth-order valence-electron chi connectivity index (χ4n) is 1.03. The summed E-state index contributed by atoms with van der Waals surface area (Å²) in [6.07, 6.45) is 1.45. The van der Waals surface area contributed by atoms with Crippen LogP contribution in [0.1, 0.15) is 33.6 Å².